The summed E-state index contributed by atoms with van der Waals surface area (Å²) in [6, 6.07) is 7.33. The molecule has 8 heteroatoms. The van der Waals surface area contributed by atoms with Gasteiger partial charge in [0.1, 0.15) is 0 Å². The van der Waals surface area contributed by atoms with Gasteiger partial charge in [-0.1, -0.05) is 43.1 Å². The summed E-state index contributed by atoms with van der Waals surface area (Å²) in [4.78, 5) is 23.4. The lowest BCUT2D eigenvalue weighted by Crippen LogP contribution is -2.39. The molecule has 0 spiro atoms. The fourth-order valence-corrected chi connectivity index (χ4v) is 2.92. The number of carbonyl (C=O) groups excluding carboxylic acids is 2. The summed E-state index contributed by atoms with van der Waals surface area (Å²) in [5, 5.41) is 7.34. The largest absolute Gasteiger partial charge is 0.348 e. The number of amides is 2. The summed E-state index contributed by atoms with van der Waals surface area (Å²) >= 11 is 12.4. The first-order chi connectivity index (χ1) is 12.7. The summed E-state index contributed by atoms with van der Waals surface area (Å²) in [5.74, 6) is -1.26. The minimum Gasteiger partial charge on any atom is -0.348 e. The third-order valence-corrected chi connectivity index (χ3v) is 4.70. The maximum Gasteiger partial charge on any atom is 0.329 e. The first-order valence-electron chi connectivity index (χ1n) is 8.47. The van der Waals surface area contributed by atoms with Gasteiger partial charge in [0.05, 0.1) is 21.9 Å². The van der Waals surface area contributed by atoms with Crippen LogP contribution in [0.15, 0.2) is 29.4 Å². The van der Waals surface area contributed by atoms with Gasteiger partial charge in [0, 0.05) is 23.5 Å². The molecule has 0 fully saturated rings. The van der Waals surface area contributed by atoms with E-state index in [4.69, 9.17) is 23.2 Å². The van der Waals surface area contributed by atoms with Crippen molar-refractivity contribution in [3.05, 3.63) is 51.3 Å². The molecule has 2 N–H and O–H groups in total. The van der Waals surface area contributed by atoms with Gasteiger partial charge in [-0.25, -0.2) is 5.43 Å². The Bertz CT molecular complexity index is 888. The van der Waals surface area contributed by atoms with Crippen LogP contribution in [0.2, 0.25) is 10.0 Å². The van der Waals surface area contributed by atoms with E-state index < -0.39 is 11.8 Å². The molecule has 2 rings (SSSR count). The highest BCUT2D eigenvalue weighted by atomic mass is 35.5. The molecule has 1 aromatic heterocycles. The number of halogens is 2. The molecule has 0 aliphatic rings. The van der Waals surface area contributed by atoms with Crippen LogP contribution in [-0.2, 0) is 9.59 Å². The maximum atomic E-state index is 11.7. The van der Waals surface area contributed by atoms with E-state index in [-0.39, 0.29) is 5.92 Å². The Morgan fingerprint density at radius 2 is 1.93 bits per heavy atom. The van der Waals surface area contributed by atoms with E-state index in [0.29, 0.717) is 16.6 Å². The van der Waals surface area contributed by atoms with Crippen LogP contribution in [0.1, 0.15) is 30.8 Å². The molecule has 0 aliphatic heterocycles. The average molecular weight is 409 g/mol. The number of nitrogens with zero attached hydrogens (tertiary/aromatic N) is 2. The van der Waals surface area contributed by atoms with Crippen LogP contribution in [0.25, 0.3) is 5.69 Å². The molecule has 2 amide bonds. The van der Waals surface area contributed by atoms with Crippen molar-refractivity contribution in [2.24, 2.45) is 11.0 Å². The average Bonchev–Trinajstić information content (AvgIpc) is 2.89. The Morgan fingerprint density at radius 3 is 2.59 bits per heavy atom. The number of carbonyl (C=O) groups is 2. The highest BCUT2D eigenvalue weighted by Gasteiger charge is 2.15. The molecule has 0 saturated carbocycles. The number of benzene rings is 1. The van der Waals surface area contributed by atoms with Crippen molar-refractivity contribution in [2.75, 3.05) is 6.54 Å². The SMILES string of the molecule is Cc1cc(/C=N\NC(=O)C(=O)NCC(C)C)c(C)n1-c1cccc(Cl)c1Cl. The fourth-order valence-electron chi connectivity index (χ4n) is 2.54. The van der Waals surface area contributed by atoms with Crippen molar-refractivity contribution >= 4 is 41.2 Å². The molecule has 2 aromatic rings. The molecule has 27 heavy (non-hydrogen) atoms. The van der Waals surface area contributed by atoms with E-state index in [2.05, 4.69) is 15.8 Å². The van der Waals surface area contributed by atoms with Gasteiger partial charge in [-0.3, -0.25) is 9.59 Å². The molecule has 1 aromatic carbocycles. The van der Waals surface area contributed by atoms with Gasteiger partial charge in [-0.05, 0) is 38.0 Å². The van der Waals surface area contributed by atoms with Crippen molar-refractivity contribution in [3.8, 4) is 5.69 Å². The first-order valence-corrected chi connectivity index (χ1v) is 9.22. The number of rotatable bonds is 5. The normalized spacial score (nSPS) is 11.2. The minimum atomic E-state index is -0.807. The Labute approximate surface area is 168 Å². The smallest absolute Gasteiger partial charge is 0.329 e. The van der Waals surface area contributed by atoms with Gasteiger partial charge in [0.25, 0.3) is 0 Å². The predicted octanol–water partition coefficient (Wildman–Crippen LogP) is 3.62. The number of nitrogens with one attached hydrogen (secondary N) is 2. The molecule has 0 radical (unpaired) electrons. The minimum absolute atomic E-state index is 0.258. The highest BCUT2D eigenvalue weighted by Crippen LogP contribution is 2.31. The zero-order valence-electron chi connectivity index (χ0n) is 15.6. The molecule has 0 aliphatic carbocycles. The summed E-state index contributed by atoms with van der Waals surface area (Å²) in [6.07, 6.45) is 1.49. The molecule has 0 saturated heterocycles. The van der Waals surface area contributed by atoms with E-state index in [9.17, 15) is 9.59 Å². The van der Waals surface area contributed by atoms with Crippen LogP contribution in [-0.4, -0.2) is 29.1 Å². The summed E-state index contributed by atoms with van der Waals surface area (Å²) in [5.41, 5.74) is 5.58. The summed E-state index contributed by atoms with van der Waals surface area (Å²) < 4.78 is 1.95. The zero-order valence-corrected chi connectivity index (χ0v) is 17.1. The zero-order chi connectivity index (χ0) is 20.1. The first kappa shape index (κ1) is 21.0. The van der Waals surface area contributed by atoms with E-state index in [1.54, 1.807) is 6.07 Å². The second-order valence-electron chi connectivity index (χ2n) is 6.54. The van der Waals surface area contributed by atoms with Crippen LogP contribution in [0.5, 0.6) is 0 Å². The van der Waals surface area contributed by atoms with Gasteiger partial charge in [0.15, 0.2) is 0 Å². The van der Waals surface area contributed by atoms with Crippen molar-refractivity contribution in [1.29, 1.82) is 0 Å². The molecule has 0 unspecified atom stereocenters. The third kappa shape index (κ3) is 5.11. The van der Waals surface area contributed by atoms with Crippen molar-refractivity contribution in [3.63, 3.8) is 0 Å². The monoisotopic (exact) mass is 408 g/mol. The molecule has 144 valence electrons. The van der Waals surface area contributed by atoms with Crippen LogP contribution in [0.4, 0.5) is 0 Å². The lowest BCUT2D eigenvalue weighted by molar-refractivity contribution is -0.139. The van der Waals surface area contributed by atoms with Gasteiger partial charge < -0.3 is 9.88 Å². The van der Waals surface area contributed by atoms with Crippen LogP contribution >= 0.6 is 23.2 Å². The third-order valence-electron chi connectivity index (χ3n) is 3.89. The highest BCUT2D eigenvalue weighted by molar-refractivity contribution is 6.43. The molecule has 6 nitrogen and oxygen atoms in total. The number of hydrazone groups is 1. The second kappa shape index (κ2) is 9.06. The maximum absolute atomic E-state index is 11.7. The van der Waals surface area contributed by atoms with Crippen LogP contribution in [0.3, 0.4) is 0 Å². The molecular formula is C19H22Cl2N4O2. The lowest BCUT2D eigenvalue weighted by Gasteiger charge is -2.12. The van der Waals surface area contributed by atoms with E-state index in [0.717, 1.165) is 22.6 Å². The quantitative estimate of drug-likeness (QED) is 0.450. The Morgan fingerprint density at radius 1 is 1.22 bits per heavy atom. The lowest BCUT2D eigenvalue weighted by atomic mass is 10.2. The predicted molar refractivity (Wildman–Crippen MR) is 109 cm³/mol. The van der Waals surface area contributed by atoms with Gasteiger partial charge in [-0.15, -0.1) is 0 Å². The van der Waals surface area contributed by atoms with Crippen molar-refractivity contribution < 1.29 is 9.59 Å². The van der Waals surface area contributed by atoms with Crippen molar-refractivity contribution in [2.45, 2.75) is 27.7 Å². The second-order valence-corrected chi connectivity index (χ2v) is 7.32. The Balaban J connectivity index is 2.15. The van der Waals surface area contributed by atoms with Crippen LogP contribution in [0, 0.1) is 19.8 Å². The standard InChI is InChI=1S/C19H22Cl2N4O2/c1-11(2)9-22-18(26)19(27)24-23-10-14-8-12(3)25(13(14)4)16-7-5-6-15(20)17(16)21/h5-8,10-11H,9H2,1-4H3,(H,22,26)(H,24,27)/b23-10-. The summed E-state index contributed by atoms with van der Waals surface area (Å²) in [6.45, 7) is 8.15. The number of hydrogen-bond donors (Lipinski definition) is 2. The topological polar surface area (TPSA) is 75.5 Å². The van der Waals surface area contributed by atoms with Crippen molar-refractivity contribution in [1.82, 2.24) is 15.3 Å². The Kier molecular flexibility index (Phi) is 7.05. The molecule has 1 heterocycles. The van der Waals surface area contributed by atoms with E-state index in [1.807, 2.05) is 50.5 Å². The van der Waals surface area contributed by atoms with Gasteiger partial charge >= 0.3 is 11.8 Å². The molecular weight excluding hydrogens is 387 g/mol. The fraction of sp³-hybridized carbons (Fsp3) is 0.316. The summed E-state index contributed by atoms with van der Waals surface area (Å²) in [7, 11) is 0. The van der Waals surface area contributed by atoms with E-state index >= 15 is 0 Å². The van der Waals surface area contributed by atoms with Crippen LogP contribution < -0.4 is 10.7 Å². The number of aryl methyl sites for hydroxylation is 1. The molecule has 0 bridgehead atoms. The number of hydrogen-bond acceptors (Lipinski definition) is 3. The van der Waals surface area contributed by atoms with Gasteiger partial charge in [0.2, 0.25) is 0 Å². The molecule has 0 atom stereocenters. The van der Waals surface area contributed by atoms with Gasteiger partial charge in [-0.2, -0.15) is 5.10 Å². The number of aromatic nitrogens is 1. The van der Waals surface area contributed by atoms with E-state index in [1.165, 1.54) is 6.21 Å². The Hall–Kier alpha value is -2.31.